The van der Waals surface area contributed by atoms with Gasteiger partial charge < -0.3 is 24.8 Å². The molecule has 11 nitrogen and oxygen atoms in total. The van der Waals surface area contributed by atoms with E-state index in [2.05, 4.69) is 4.98 Å². The molecule has 0 saturated carbocycles. The van der Waals surface area contributed by atoms with Gasteiger partial charge in [0.25, 0.3) is 15.7 Å². The molecule has 1 aromatic carbocycles. The molecule has 32 heavy (non-hydrogen) atoms. The highest BCUT2D eigenvalue weighted by atomic mass is 32.2. The maximum atomic E-state index is 12.5. The van der Waals surface area contributed by atoms with Gasteiger partial charge in [-0.2, -0.15) is 13.4 Å². The van der Waals surface area contributed by atoms with E-state index in [0.29, 0.717) is 0 Å². The van der Waals surface area contributed by atoms with Crippen molar-refractivity contribution in [2.24, 2.45) is 0 Å². The van der Waals surface area contributed by atoms with E-state index in [1.54, 1.807) is 26.0 Å². The summed E-state index contributed by atoms with van der Waals surface area (Å²) in [6, 6.07) is 5.82. The fourth-order valence-electron chi connectivity index (χ4n) is 3.20. The average molecular weight is 471 g/mol. The first-order chi connectivity index (χ1) is 15.0. The van der Waals surface area contributed by atoms with Gasteiger partial charge in [-0.1, -0.05) is 17.7 Å². The summed E-state index contributed by atoms with van der Waals surface area (Å²) < 4.78 is 42.2. The topological polar surface area (TPSA) is 157 Å². The lowest BCUT2D eigenvalue weighted by Gasteiger charge is -2.41. The smallest absolute Gasteiger partial charge is 0.301 e. The fourth-order valence-corrected chi connectivity index (χ4v) is 4.12. The third-order valence-corrected chi connectivity index (χ3v) is 6.32. The first-order valence-corrected chi connectivity index (χ1v) is 11.3. The molecule has 12 heteroatoms. The van der Waals surface area contributed by atoms with Crippen molar-refractivity contribution in [3.63, 3.8) is 0 Å². The molecule has 0 bridgehead atoms. The van der Waals surface area contributed by atoms with E-state index < -0.39 is 52.9 Å². The largest absolute Gasteiger partial charge is 0.465 e. The van der Waals surface area contributed by atoms with E-state index in [4.69, 9.17) is 13.7 Å². The molecule has 5 atom stereocenters. The standard InChI is InChI=1S/C20H26N2O9S/c1-4-29-20-21-18(26)12(3)9-22(20)19-17(25)16(24)15(23)14(31-19)10-30-32(27,28)13-7-5-11(2)6-8-13/h5-9,14-17,19,23-25H,4,10H2,1-3H3/t14-,15-,16+,17-,19?/m1/s1. The molecule has 0 spiro atoms. The van der Waals surface area contributed by atoms with Gasteiger partial charge in [-0.05, 0) is 32.9 Å². The Bertz CT molecular complexity index is 1100. The summed E-state index contributed by atoms with van der Waals surface area (Å²) in [5.41, 5.74) is 0.546. The van der Waals surface area contributed by atoms with E-state index in [1.165, 1.54) is 29.8 Å². The van der Waals surface area contributed by atoms with Crippen molar-refractivity contribution in [1.82, 2.24) is 9.55 Å². The number of hydrogen-bond acceptors (Lipinski definition) is 10. The molecule has 1 fully saturated rings. The summed E-state index contributed by atoms with van der Waals surface area (Å²) in [7, 11) is -4.16. The van der Waals surface area contributed by atoms with Gasteiger partial charge in [0.05, 0.1) is 18.1 Å². The minimum absolute atomic E-state index is 0.0793. The summed E-state index contributed by atoms with van der Waals surface area (Å²) in [5.74, 6) is 0. The Morgan fingerprint density at radius 1 is 1.09 bits per heavy atom. The molecule has 2 heterocycles. The van der Waals surface area contributed by atoms with Crippen molar-refractivity contribution in [3.8, 4) is 6.01 Å². The van der Waals surface area contributed by atoms with Gasteiger partial charge >= 0.3 is 6.01 Å². The van der Waals surface area contributed by atoms with Crippen LogP contribution >= 0.6 is 0 Å². The maximum absolute atomic E-state index is 12.5. The number of hydrogen-bond donors (Lipinski definition) is 3. The molecule has 1 unspecified atom stereocenters. The van der Waals surface area contributed by atoms with Crippen LogP contribution in [0, 0.1) is 13.8 Å². The summed E-state index contributed by atoms with van der Waals surface area (Å²) in [5, 5.41) is 31.2. The number of aliphatic hydroxyl groups excluding tert-OH is 3. The van der Waals surface area contributed by atoms with Crippen LogP contribution in [0.25, 0.3) is 0 Å². The minimum Gasteiger partial charge on any atom is -0.465 e. The van der Waals surface area contributed by atoms with E-state index in [0.717, 1.165) is 5.56 Å². The minimum atomic E-state index is -4.16. The molecular weight excluding hydrogens is 444 g/mol. The van der Waals surface area contributed by atoms with Gasteiger partial charge in [0.15, 0.2) is 6.23 Å². The zero-order chi connectivity index (χ0) is 23.6. The molecule has 2 aromatic rings. The van der Waals surface area contributed by atoms with Crippen LogP contribution in [0.15, 0.2) is 40.2 Å². The van der Waals surface area contributed by atoms with Crippen molar-refractivity contribution in [2.45, 2.75) is 56.3 Å². The number of aromatic nitrogens is 2. The quantitative estimate of drug-likeness (QED) is 0.457. The van der Waals surface area contributed by atoms with E-state index in [-0.39, 0.29) is 23.1 Å². The third-order valence-electron chi connectivity index (χ3n) is 5.02. The summed E-state index contributed by atoms with van der Waals surface area (Å²) in [6.45, 7) is 4.50. The number of aryl methyl sites for hydroxylation is 2. The second-order valence-electron chi connectivity index (χ2n) is 7.44. The van der Waals surface area contributed by atoms with Gasteiger partial charge in [-0.3, -0.25) is 13.5 Å². The van der Waals surface area contributed by atoms with Gasteiger partial charge in [0.1, 0.15) is 24.4 Å². The van der Waals surface area contributed by atoms with Crippen molar-refractivity contribution >= 4 is 10.1 Å². The fraction of sp³-hybridized carbons (Fsp3) is 0.500. The predicted molar refractivity (Wildman–Crippen MR) is 111 cm³/mol. The van der Waals surface area contributed by atoms with Gasteiger partial charge in [0.2, 0.25) is 0 Å². The first-order valence-electron chi connectivity index (χ1n) is 9.93. The van der Waals surface area contributed by atoms with Crippen LogP contribution in [0.2, 0.25) is 0 Å². The molecule has 1 aromatic heterocycles. The Labute approximate surface area is 185 Å². The van der Waals surface area contributed by atoms with Gasteiger partial charge in [0, 0.05) is 11.8 Å². The molecule has 3 N–H and O–H groups in total. The SMILES string of the molecule is CCOc1nc(=O)c(C)cn1C1O[C@H](COS(=O)(=O)c2ccc(C)cc2)[C@@H](O)[C@H](O)[C@H]1O. The van der Waals surface area contributed by atoms with Crippen LogP contribution in [0.4, 0.5) is 0 Å². The van der Waals surface area contributed by atoms with Crippen molar-refractivity contribution in [3.05, 3.63) is 51.9 Å². The molecule has 176 valence electrons. The Morgan fingerprint density at radius 2 is 1.75 bits per heavy atom. The number of rotatable bonds is 7. The van der Waals surface area contributed by atoms with Crippen LogP contribution < -0.4 is 10.3 Å². The highest BCUT2D eigenvalue weighted by molar-refractivity contribution is 7.86. The van der Waals surface area contributed by atoms with Crippen molar-refractivity contribution < 1.29 is 37.4 Å². The molecule has 0 amide bonds. The molecule has 3 rings (SSSR count). The molecule has 1 aliphatic rings. The summed E-state index contributed by atoms with van der Waals surface area (Å²) >= 11 is 0. The molecule has 1 saturated heterocycles. The Balaban J connectivity index is 1.85. The first kappa shape index (κ1) is 24.3. The number of benzene rings is 1. The summed E-state index contributed by atoms with van der Waals surface area (Å²) in [6.07, 6.45) is -6.29. The number of ether oxygens (including phenoxy) is 2. The second kappa shape index (κ2) is 9.65. The highest BCUT2D eigenvalue weighted by Crippen LogP contribution is 2.31. The molecule has 0 radical (unpaired) electrons. The number of nitrogens with zero attached hydrogens (tertiary/aromatic N) is 2. The lowest BCUT2D eigenvalue weighted by Crippen LogP contribution is -2.57. The Morgan fingerprint density at radius 3 is 2.38 bits per heavy atom. The van der Waals surface area contributed by atoms with Crippen molar-refractivity contribution in [1.29, 1.82) is 0 Å². The molecule has 1 aliphatic heterocycles. The van der Waals surface area contributed by atoms with Crippen LogP contribution in [-0.4, -0.2) is 70.9 Å². The number of aliphatic hydroxyl groups is 3. The van der Waals surface area contributed by atoms with E-state index in [1.807, 2.05) is 0 Å². The maximum Gasteiger partial charge on any atom is 0.301 e. The molecular formula is C20H26N2O9S. The zero-order valence-corrected chi connectivity index (χ0v) is 18.6. The van der Waals surface area contributed by atoms with Crippen molar-refractivity contribution in [2.75, 3.05) is 13.2 Å². The third kappa shape index (κ3) is 5.00. The van der Waals surface area contributed by atoms with E-state index >= 15 is 0 Å². The lowest BCUT2D eigenvalue weighted by molar-refractivity contribution is -0.250. The van der Waals surface area contributed by atoms with Crippen LogP contribution in [0.5, 0.6) is 6.01 Å². The Hall–Kier alpha value is -2.35. The van der Waals surface area contributed by atoms with Crippen LogP contribution in [0.1, 0.15) is 24.3 Å². The van der Waals surface area contributed by atoms with Gasteiger partial charge in [-0.15, -0.1) is 0 Å². The predicted octanol–water partition coefficient (Wildman–Crippen LogP) is -0.356. The monoisotopic (exact) mass is 470 g/mol. The highest BCUT2D eigenvalue weighted by Gasteiger charge is 2.45. The van der Waals surface area contributed by atoms with Crippen LogP contribution in [0.3, 0.4) is 0 Å². The normalized spacial score (nSPS) is 26.1. The zero-order valence-electron chi connectivity index (χ0n) is 17.8. The average Bonchev–Trinajstić information content (AvgIpc) is 2.75. The van der Waals surface area contributed by atoms with E-state index in [9.17, 15) is 28.5 Å². The molecule has 0 aliphatic carbocycles. The Kier molecular flexibility index (Phi) is 7.32. The summed E-state index contributed by atoms with van der Waals surface area (Å²) in [4.78, 5) is 15.6. The lowest BCUT2D eigenvalue weighted by atomic mass is 9.98. The second-order valence-corrected chi connectivity index (χ2v) is 9.06. The van der Waals surface area contributed by atoms with Gasteiger partial charge in [-0.25, -0.2) is 0 Å². The van der Waals surface area contributed by atoms with Crippen LogP contribution in [-0.2, 0) is 19.0 Å².